The molecule has 1 unspecified atom stereocenters. The molecule has 0 spiro atoms. The highest BCUT2D eigenvalue weighted by molar-refractivity contribution is 7.91. The second kappa shape index (κ2) is 6.48. The molecule has 1 saturated heterocycles. The number of carbonyl (C=O) groups is 2. The van der Waals surface area contributed by atoms with E-state index >= 15 is 0 Å². The van der Waals surface area contributed by atoms with Crippen LogP contribution in [0.2, 0.25) is 0 Å². The van der Waals surface area contributed by atoms with Gasteiger partial charge >= 0.3 is 5.97 Å². The van der Waals surface area contributed by atoms with E-state index in [2.05, 4.69) is 0 Å². The summed E-state index contributed by atoms with van der Waals surface area (Å²) in [5.41, 5.74) is 0.213. The Labute approximate surface area is 129 Å². The average Bonchev–Trinajstić information content (AvgIpc) is 2.96. The molecule has 0 saturated carbocycles. The normalized spacial score (nSPS) is 18.4. The van der Waals surface area contributed by atoms with Crippen molar-refractivity contribution in [3.8, 4) is 0 Å². The minimum absolute atomic E-state index is 0.0199. The third kappa shape index (κ3) is 3.30. The van der Waals surface area contributed by atoms with E-state index in [9.17, 15) is 18.0 Å². The van der Waals surface area contributed by atoms with Crippen molar-refractivity contribution in [1.29, 1.82) is 0 Å². The summed E-state index contributed by atoms with van der Waals surface area (Å²) in [6, 6.07) is 5.00. The number of sulfone groups is 1. The number of hydrogen-bond donors (Lipinski definition) is 1. The summed E-state index contributed by atoms with van der Waals surface area (Å²) in [5.74, 6) is -1.44. The van der Waals surface area contributed by atoms with Gasteiger partial charge in [0.15, 0.2) is 9.84 Å². The maximum atomic E-state index is 12.5. The van der Waals surface area contributed by atoms with Gasteiger partial charge in [-0.3, -0.25) is 4.79 Å². The number of rotatable bonds is 5. The van der Waals surface area contributed by atoms with E-state index in [-0.39, 0.29) is 16.2 Å². The first-order valence-corrected chi connectivity index (χ1v) is 8.88. The Bertz CT molecular complexity index is 683. The number of likely N-dealkylation sites (tertiary alicyclic amines) is 1. The van der Waals surface area contributed by atoms with Crippen LogP contribution in [0.25, 0.3) is 0 Å². The molecule has 0 aromatic heterocycles. The predicted molar refractivity (Wildman–Crippen MR) is 80.5 cm³/mol. The smallest absolute Gasteiger partial charge is 0.326 e. The zero-order chi connectivity index (χ0) is 16.3. The molecule has 1 N–H and O–H groups in total. The molecule has 1 aliphatic rings. The van der Waals surface area contributed by atoms with Crippen LogP contribution in [0.15, 0.2) is 29.2 Å². The van der Waals surface area contributed by atoms with Crippen LogP contribution in [0.4, 0.5) is 0 Å². The van der Waals surface area contributed by atoms with Crippen LogP contribution in [0.3, 0.4) is 0 Å². The summed E-state index contributed by atoms with van der Waals surface area (Å²) in [5, 5.41) is 9.14. The molecule has 120 valence electrons. The average molecular weight is 325 g/mol. The zero-order valence-corrected chi connectivity index (χ0v) is 13.2. The number of benzene rings is 1. The van der Waals surface area contributed by atoms with Crippen LogP contribution in [0, 0.1) is 0 Å². The molecule has 1 atom stereocenters. The number of carbonyl (C=O) groups excluding carboxylic acids is 1. The fraction of sp³-hybridized carbons (Fsp3) is 0.467. The van der Waals surface area contributed by atoms with Gasteiger partial charge in [0.1, 0.15) is 6.04 Å². The topological polar surface area (TPSA) is 91.8 Å². The Kier molecular flexibility index (Phi) is 4.85. The molecule has 1 aliphatic heterocycles. The quantitative estimate of drug-likeness (QED) is 0.887. The van der Waals surface area contributed by atoms with E-state index in [4.69, 9.17) is 5.11 Å². The van der Waals surface area contributed by atoms with Gasteiger partial charge in [-0.05, 0) is 37.5 Å². The molecule has 1 heterocycles. The van der Waals surface area contributed by atoms with Crippen molar-refractivity contribution in [2.45, 2.75) is 37.1 Å². The zero-order valence-electron chi connectivity index (χ0n) is 12.4. The number of carboxylic acid groups (broad SMARTS) is 1. The van der Waals surface area contributed by atoms with Gasteiger partial charge in [-0.2, -0.15) is 0 Å². The maximum Gasteiger partial charge on any atom is 0.326 e. The fourth-order valence-electron chi connectivity index (χ4n) is 2.64. The van der Waals surface area contributed by atoms with Gasteiger partial charge in [0.2, 0.25) is 0 Å². The summed E-state index contributed by atoms with van der Waals surface area (Å²) >= 11 is 0. The highest BCUT2D eigenvalue weighted by atomic mass is 32.2. The molecular weight excluding hydrogens is 306 g/mol. The van der Waals surface area contributed by atoms with Crippen molar-refractivity contribution < 1.29 is 23.1 Å². The van der Waals surface area contributed by atoms with Crippen molar-refractivity contribution in [2.24, 2.45) is 0 Å². The Hall–Kier alpha value is -1.89. The van der Waals surface area contributed by atoms with Crippen LogP contribution >= 0.6 is 0 Å². The molecule has 7 heteroatoms. The van der Waals surface area contributed by atoms with E-state index in [0.717, 1.165) is 0 Å². The number of carboxylic acids is 1. The SMILES string of the molecule is CCCS(=O)(=O)c1cccc(C(=O)N2CCCC2C(=O)O)c1. The van der Waals surface area contributed by atoms with Crippen LogP contribution in [0.5, 0.6) is 0 Å². The Morgan fingerprint density at radius 1 is 1.36 bits per heavy atom. The minimum atomic E-state index is -3.41. The molecule has 1 aromatic carbocycles. The monoisotopic (exact) mass is 325 g/mol. The Morgan fingerprint density at radius 2 is 2.09 bits per heavy atom. The van der Waals surface area contributed by atoms with Gasteiger partial charge in [-0.15, -0.1) is 0 Å². The molecule has 1 fully saturated rings. The van der Waals surface area contributed by atoms with E-state index in [1.165, 1.54) is 29.2 Å². The lowest BCUT2D eigenvalue weighted by Crippen LogP contribution is -2.40. The van der Waals surface area contributed by atoms with E-state index in [1.54, 1.807) is 6.92 Å². The number of aliphatic carboxylic acids is 1. The fourth-order valence-corrected chi connectivity index (χ4v) is 4.01. The standard InChI is InChI=1S/C15H19NO5S/c1-2-9-22(20,21)12-6-3-5-11(10-12)14(17)16-8-4-7-13(16)15(18)19/h3,5-6,10,13H,2,4,7-9H2,1H3,(H,18,19). The van der Waals surface area contributed by atoms with Gasteiger partial charge in [0.05, 0.1) is 10.6 Å². The largest absolute Gasteiger partial charge is 0.480 e. The third-order valence-electron chi connectivity index (χ3n) is 3.71. The first-order chi connectivity index (χ1) is 10.4. The van der Waals surface area contributed by atoms with Gasteiger partial charge in [0, 0.05) is 12.1 Å². The molecule has 0 bridgehead atoms. The first kappa shape index (κ1) is 16.5. The molecule has 22 heavy (non-hydrogen) atoms. The van der Waals surface area contributed by atoms with Gasteiger partial charge < -0.3 is 10.0 Å². The Morgan fingerprint density at radius 3 is 2.73 bits per heavy atom. The summed E-state index contributed by atoms with van der Waals surface area (Å²) < 4.78 is 24.2. The molecule has 1 aromatic rings. The van der Waals surface area contributed by atoms with Crippen molar-refractivity contribution in [3.05, 3.63) is 29.8 Å². The lowest BCUT2D eigenvalue weighted by molar-refractivity contribution is -0.141. The third-order valence-corrected chi connectivity index (χ3v) is 5.63. The van der Waals surface area contributed by atoms with Crippen LogP contribution < -0.4 is 0 Å². The summed E-state index contributed by atoms with van der Waals surface area (Å²) in [6.45, 7) is 2.15. The van der Waals surface area contributed by atoms with Crippen LogP contribution in [0.1, 0.15) is 36.5 Å². The maximum absolute atomic E-state index is 12.5. The predicted octanol–water partition coefficient (Wildman–Crippen LogP) is 1.56. The second-order valence-corrected chi connectivity index (χ2v) is 7.45. The lowest BCUT2D eigenvalue weighted by Gasteiger charge is -2.21. The highest BCUT2D eigenvalue weighted by Crippen LogP contribution is 2.22. The number of nitrogens with zero attached hydrogens (tertiary/aromatic N) is 1. The van der Waals surface area contributed by atoms with E-state index < -0.39 is 27.8 Å². The number of amides is 1. The molecular formula is C15H19NO5S. The van der Waals surface area contributed by atoms with Crippen molar-refractivity contribution >= 4 is 21.7 Å². The van der Waals surface area contributed by atoms with E-state index in [0.29, 0.717) is 25.8 Å². The highest BCUT2D eigenvalue weighted by Gasteiger charge is 2.34. The Balaban J connectivity index is 2.30. The summed E-state index contributed by atoms with van der Waals surface area (Å²) in [7, 11) is -3.41. The van der Waals surface area contributed by atoms with Gasteiger partial charge in [-0.25, -0.2) is 13.2 Å². The molecule has 0 radical (unpaired) electrons. The van der Waals surface area contributed by atoms with Gasteiger partial charge in [-0.1, -0.05) is 13.0 Å². The van der Waals surface area contributed by atoms with Crippen LogP contribution in [-0.2, 0) is 14.6 Å². The number of hydrogen-bond acceptors (Lipinski definition) is 4. The van der Waals surface area contributed by atoms with Crippen LogP contribution in [-0.4, -0.2) is 48.6 Å². The lowest BCUT2D eigenvalue weighted by atomic mass is 10.1. The van der Waals surface area contributed by atoms with Crippen molar-refractivity contribution in [3.63, 3.8) is 0 Å². The summed E-state index contributed by atoms with van der Waals surface area (Å²) in [6.07, 6.45) is 1.55. The summed E-state index contributed by atoms with van der Waals surface area (Å²) in [4.78, 5) is 25.0. The van der Waals surface area contributed by atoms with Crippen molar-refractivity contribution in [1.82, 2.24) is 4.90 Å². The molecule has 2 rings (SSSR count). The molecule has 0 aliphatic carbocycles. The molecule has 6 nitrogen and oxygen atoms in total. The second-order valence-electron chi connectivity index (χ2n) is 5.34. The van der Waals surface area contributed by atoms with Crippen molar-refractivity contribution in [2.75, 3.05) is 12.3 Å². The minimum Gasteiger partial charge on any atom is -0.480 e. The first-order valence-electron chi connectivity index (χ1n) is 7.23. The van der Waals surface area contributed by atoms with E-state index in [1.807, 2.05) is 0 Å². The molecule has 1 amide bonds. The van der Waals surface area contributed by atoms with Gasteiger partial charge in [0.25, 0.3) is 5.91 Å².